The van der Waals surface area contributed by atoms with Gasteiger partial charge >= 0.3 is 5.97 Å². The molecule has 132 valence electrons. The number of hydrogen-bond acceptors (Lipinski definition) is 7. The van der Waals surface area contributed by atoms with Crippen molar-refractivity contribution in [2.45, 2.75) is 31.7 Å². The summed E-state index contributed by atoms with van der Waals surface area (Å²) in [5, 5.41) is 3.41. The number of nitrogens with one attached hydrogen (secondary N) is 1. The molecule has 2 heterocycles. The number of methoxy groups -OCH3 is 1. The highest BCUT2D eigenvalue weighted by Crippen LogP contribution is 2.46. The van der Waals surface area contributed by atoms with Crippen LogP contribution < -0.4 is 5.32 Å². The van der Waals surface area contributed by atoms with Gasteiger partial charge in [-0.05, 0) is 61.3 Å². The van der Waals surface area contributed by atoms with Crippen LogP contribution in [0, 0.1) is 17.8 Å². The number of aromatic nitrogens is 3. The minimum Gasteiger partial charge on any atom is -0.469 e. The normalized spacial score (nSPS) is 27.9. The summed E-state index contributed by atoms with van der Waals surface area (Å²) in [5.74, 6) is 1.63. The van der Waals surface area contributed by atoms with Gasteiger partial charge in [0.15, 0.2) is 5.76 Å². The van der Waals surface area contributed by atoms with E-state index in [4.69, 9.17) is 20.8 Å². The second kappa shape index (κ2) is 6.63. The molecule has 2 atom stereocenters. The minimum atomic E-state index is -0.180. The van der Waals surface area contributed by atoms with Crippen molar-refractivity contribution in [3.8, 4) is 11.6 Å². The van der Waals surface area contributed by atoms with Crippen molar-refractivity contribution in [3.63, 3.8) is 0 Å². The van der Waals surface area contributed by atoms with Crippen molar-refractivity contribution < 1.29 is 13.9 Å². The molecule has 2 aromatic heterocycles. The van der Waals surface area contributed by atoms with E-state index in [1.165, 1.54) is 7.11 Å². The molecule has 3 aliphatic carbocycles. The topological polar surface area (TPSA) is 90.1 Å². The van der Waals surface area contributed by atoms with Crippen LogP contribution in [0.4, 0.5) is 5.95 Å². The van der Waals surface area contributed by atoms with Gasteiger partial charge in [-0.15, -0.1) is 0 Å². The number of carbonyl (C=O) groups is 1. The number of esters is 1. The van der Waals surface area contributed by atoms with E-state index >= 15 is 0 Å². The molecular formula is C17H19ClN4O3. The predicted octanol–water partition coefficient (Wildman–Crippen LogP) is 3.17. The molecule has 7 nitrogen and oxygen atoms in total. The number of ether oxygens (including phenoxy) is 1. The number of anilines is 1. The summed E-state index contributed by atoms with van der Waals surface area (Å²) >= 11 is 6.05. The van der Waals surface area contributed by atoms with Crippen LogP contribution in [0.3, 0.4) is 0 Å². The zero-order valence-electron chi connectivity index (χ0n) is 13.8. The fraction of sp³-hybridized carbons (Fsp3) is 0.529. The van der Waals surface area contributed by atoms with E-state index < -0.39 is 0 Å². The molecule has 0 saturated heterocycles. The minimum absolute atomic E-state index is 0.0529. The SMILES string of the molecule is COC(=O)C1C2CCC(CC2)C1Nc1nc(Cl)nc(-c2ccco2)n1. The van der Waals surface area contributed by atoms with Crippen LogP contribution in [-0.2, 0) is 9.53 Å². The van der Waals surface area contributed by atoms with Gasteiger partial charge < -0.3 is 14.5 Å². The van der Waals surface area contributed by atoms with Crippen LogP contribution in [0.5, 0.6) is 0 Å². The van der Waals surface area contributed by atoms with Crippen molar-refractivity contribution in [3.05, 3.63) is 23.7 Å². The van der Waals surface area contributed by atoms with Gasteiger partial charge in [-0.3, -0.25) is 4.79 Å². The third-order valence-corrected chi connectivity index (χ3v) is 5.51. The number of halogens is 1. The number of fused-ring (bicyclic) bond motifs is 3. The number of carbonyl (C=O) groups excluding carboxylic acids is 1. The van der Waals surface area contributed by atoms with E-state index in [1.807, 2.05) is 0 Å². The first kappa shape index (κ1) is 16.3. The van der Waals surface area contributed by atoms with Crippen molar-refractivity contribution in [1.82, 2.24) is 15.0 Å². The van der Waals surface area contributed by atoms with Gasteiger partial charge in [0.05, 0.1) is 19.3 Å². The summed E-state index contributed by atoms with van der Waals surface area (Å²) in [6, 6.07) is 3.46. The molecule has 3 aliphatic rings. The average Bonchev–Trinajstić information content (AvgIpc) is 3.16. The third kappa shape index (κ3) is 3.08. The molecule has 2 bridgehead atoms. The van der Waals surface area contributed by atoms with E-state index in [9.17, 15) is 4.79 Å². The van der Waals surface area contributed by atoms with Crippen molar-refractivity contribution in [2.24, 2.45) is 17.8 Å². The fourth-order valence-corrected chi connectivity index (χ4v) is 4.37. The molecule has 2 unspecified atom stereocenters. The summed E-state index contributed by atoms with van der Waals surface area (Å²) < 4.78 is 10.4. The first-order chi connectivity index (χ1) is 12.2. The van der Waals surface area contributed by atoms with Crippen molar-refractivity contribution in [2.75, 3.05) is 12.4 Å². The molecule has 2 aromatic rings. The van der Waals surface area contributed by atoms with Crippen LogP contribution in [0.15, 0.2) is 22.8 Å². The zero-order valence-corrected chi connectivity index (χ0v) is 14.6. The molecule has 8 heteroatoms. The summed E-state index contributed by atoms with van der Waals surface area (Å²) in [4.78, 5) is 25.0. The zero-order chi connectivity index (χ0) is 17.4. The summed E-state index contributed by atoms with van der Waals surface area (Å²) in [6.07, 6.45) is 5.88. The molecule has 3 saturated carbocycles. The largest absolute Gasteiger partial charge is 0.469 e. The molecule has 3 fully saturated rings. The average molecular weight is 363 g/mol. The Morgan fingerprint density at radius 3 is 2.68 bits per heavy atom. The molecule has 25 heavy (non-hydrogen) atoms. The van der Waals surface area contributed by atoms with Gasteiger partial charge in [-0.25, -0.2) is 0 Å². The standard InChI is InChI=1S/C17H19ClN4O3/c1-24-15(23)12-9-4-6-10(7-5-9)13(12)19-17-21-14(20-16(18)22-17)11-3-2-8-25-11/h2-3,8-10,12-13H,4-7H2,1H3,(H,19,20,21,22). The van der Waals surface area contributed by atoms with Crippen LogP contribution in [0.2, 0.25) is 5.28 Å². The van der Waals surface area contributed by atoms with Gasteiger partial charge in [-0.1, -0.05) is 0 Å². The lowest BCUT2D eigenvalue weighted by Crippen LogP contribution is -2.52. The Bertz CT molecular complexity index is 759. The molecule has 5 rings (SSSR count). The summed E-state index contributed by atoms with van der Waals surface area (Å²) in [7, 11) is 1.44. The molecule has 0 amide bonds. The summed E-state index contributed by atoms with van der Waals surface area (Å²) in [5.41, 5.74) is 0. The number of furan rings is 1. The van der Waals surface area contributed by atoms with E-state index in [-0.39, 0.29) is 23.2 Å². The fourth-order valence-electron chi connectivity index (χ4n) is 4.21. The van der Waals surface area contributed by atoms with E-state index in [0.29, 0.717) is 29.4 Å². The highest BCUT2D eigenvalue weighted by atomic mass is 35.5. The maximum Gasteiger partial charge on any atom is 0.311 e. The smallest absolute Gasteiger partial charge is 0.311 e. The molecule has 0 radical (unpaired) electrons. The third-order valence-electron chi connectivity index (χ3n) is 5.34. The first-order valence-corrected chi connectivity index (χ1v) is 8.83. The van der Waals surface area contributed by atoms with E-state index in [1.54, 1.807) is 18.4 Å². The van der Waals surface area contributed by atoms with E-state index in [0.717, 1.165) is 25.7 Å². The number of rotatable bonds is 4. The van der Waals surface area contributed by atoms with Crippen LogP contribution >= 0.6 is 11.6 Å². The molecule has 0 aromatic carbocycles. The van der Waals surface area contributed by atoms with Crippen molar-refractivity contribution >= 4 is 23.5 Å². The number of nitrogens with zero attached hydrogens (tertiary/aromatic N) is 3. The Kier molecular flexibility index (Phi) is 4.33. The van der Waals surface area contributed by atoms with Gasteiger partial charge in [0, 0.05) is 6.04 Å². The Morgan fingerprint density at radius 2 is 2.00 bits per heavy atom. The van der Waals surface area contributed by atoms with Crippen LogP contribution in [-0.4, -0.2) is 34.1 Å². The quantitative estimate of drug-likeness (QED) is 0.835. The highest BCUT2D eigenvalue weighted by Gasteiger charge is 2.48. The Morgan fingerprint density at radius 1 is 1.24 bits per heavy atom. The number of hydrogen-bond donors (Lipinski definition) is 1. The Labute approximate surface area is 150 Å². The van der Waals surface area contributed by atoms with Gasteiger partial charge in [0.25, 0.3) is 0 Å². The van der Waals surface area contributed by atoms with Gasteiger partial charge in [0.2, 0.25) is 17.1 Å². The van der Waals surface area contributed by atoms with Crippen molar-refractivity contribution in [1.29, 1.82) is 0 Å². The van der Waals surface area contributed by atoms with E-state index in [2.05, 4.69) is 20.3 Å². The van der Waals surface area contributed by atoms with Crippen LogP contribution in [0.25, 0.3) is 11.6 Å². The Hall–Kier alpha value is -2.15. The molecule has 0 aliphatic heterocycles. The molecule has 1 N–H and O–H groups in total. The predicted molar refractivity (Wildman–Crippen MR) is 90.9 cm³/mol. The van der Waals surface area contributed by atoms with Gasteiger partial charge in [0.1, 0.15) is 0 Å². The maximum atomic E-state index is 12.3. The maximum absolute atomic E-state index is 12.3. The second-order valence-electron chi connectivity index (χ2n) is 6.62. The highest BCUT2D eigenvalue weighted by molar-refractivity contribution is 6.28. The monoisotopic (exact) mass is 362 g/mol. The molecular weight excluding hydrogens is 344 g/mol. The lowest BCUT2D eigenvalue weighted by atomic mass is 9.61. The first-order valence-electron chi connectivity index (χ1n) is 8.45. The van der Waals surface area contributed by atoms with Gasteiger partial charge in [-0.2, -0.15) is 15.0 Å². The summed E-state index contributed by atoms with van der Waals surface area (Å²) in [6.45, 7) is 0. The Balaban J connectivity index is 1.63. The van der Waals surface area contributed by atoms with Crippen LogP contribution in [0.1, 0.15) is 25.7 Å². The lowest BCUT2D eigenvalue weighted by molar-refractivity contribution is -0.152. The lowest BCUT2D eigenvalue weighted by Gasteiger charge is -2.47. The molecule has 0 spiro atoms. The second-order valence-corrected chi connectivity index (χ2v) is 6.96.